The molecule has 1 saturated heterocycles. The Hall–Kier alpha value is -1.06. The van der Waals surface area contributed by atoms with Crippen LogP contribution in [0.3, 0.4) is 0 Å². The standard InChI is InChI=1S/C15H25NO3/c1-14(2)7-6-10-16(14)12(17)11-15(13(18)19)8-4-3-5-9-15/h3-11H2,1-2H3,(H,18,19). The minimum Gasteiger partial charge on any atom is -0.481 e. The third-order valence-corrected chi connectivity index (χ3v) is 4.96. The number of hydrogen-bond donors (Lipinski definition) is 1. The Morgan fingerprint density at radius 1 is 1.05 bits per heavy atom. The summed E-state index contributed by atoms with van der Waals surface area (Å²) in [6.45, 7) is 4.93. The molecular weight excluding hydrogens is 242 g/mol. The minimum atomic E-state index is -0.798. The summed E-state index contributed by atoms with van der Waals surface area (Å²) >= 11 is 0. The van der Waals surface area contributed by atoms with Crippen molar-refractivity contribution >= 4 is 11.9 Å². The van der Waals surface area contributed by atoms with Crippen LogP contribution in [0.15, 0.2) is 0 Å². The quantitative estimate of drug-likeness (QED) is 0.855. The number of aliphatic carboxylic acids is 1. The molecule has 2 rings (SSSR count). The lowest BCUT2D eigenvalue weighted by atomic mass is 9.71. The highest BCUT2D eigenvalue weighted by atomic mass is 16.4. The van der Waals surface area contributed by atoms with E-state index in [-0.39, 0.29) is 17.9 Å². The molecule has 1 heterocycles. The molecule has 1 aliphatic carbocycles. The number of hydrogen-bond acceptors (Lipinski definition) is 2. The summed E-state index contributed by atoms with van der Waals surface area (Å²) < 4.78 is 0. The van der Waals surface area contributed by atoms with Crippen LogP contribution in [0.4, 0.5) is 0 Å². The highest BCUT2D eigenvalue weighted by Gasteiger charge is 2.44. The van der Waals surface area contributed by atoms with Crippen LogP contribution in [0.1, 0.15) is 65.2 Å². The van der Waals surface area contributed by atoms with Crippen molar-refractivity contribution in [1.82, 2.24) is 4.90 Å². The van der Waals surface area contributed by atoms with E-state index in [0.29, 0.717) is 12.8 Å². The van der Waals surface area contributed by atoms with Gasteiger partial charge in [-0.2, -0.15) is 0 Å². The van der Waals surface area contributed by atoms with Crippen molar-refractivity contribution in [2.24, 2.45) is 5.41 Å². The van der Waals surface area contributed by atoms with Crippen LogP contribution >= 0.6 is 0 Å². The van der Waals surface area contributed by atoms with Crippen molar-refractivity contribution in [1.29, 1.82) is 0 Å². The Labute approximate surface area is 115 Å². The lowest BCUT2D eigenvalue weighted by Gasteiger charge is -2.37. The Morgan fingerprint density at radius 2 is 1.68 bits per heavy atom. The van der Waals surface area contributed by atoms with Gasteiger partial charge in [0.05, 0.1) is 5.41 Å². The summed E-state index contributed by atoms with van der Waals surface area (Å²) in [6, 6.07) is 0. The Bertz CT molecular complexity index is 370. The first-order valence-electron chi connectivity index (χ1n) is 7.41. The van der Waals surface area contributed by atoms with E-state index in [4.69, 9.17) is 0 Å². The number of likely N-dealkylation sites (tertiary alicyclic amines) is 1. The van der Waals surface area contributed by atoms with Gasteiger partial charge in [0.15, 0.2) is 0 Å². The first-order chi connectivity index (χ1) is 8.87. The van der Waals surface area contributed by atoms with Crippen LogP contribution in [0.2, 0.25) is 0 Å². The molecule has 2 fully saturated rings. The molecule has 0 radical (unpaired) electrons. The molecule has 1 aliphatic heterocycles. The number of carbonyl (C=O) groups is 2. The van der Waals surface area contributed by atoms with Crippen LogP contribution < -0.4 is 0 Å². The molecule has 1 N–H and O–H groups in total. The van der Waals surface area contributed by atoms with Gasteiger partial charge >= 0.3 is 5.97 Å². The second kappa shape index (κ2) is 5.14. The molecule has 1 amide bonds. The first-order valence-corrected chi connectivity index (χ1v) is 7.41. The number of carbonyl (C=O) groups excluding carboxylic acids is 1. The SMILES string of the molecule is CC1(C)CCCN1C(=O)CC1(C(=O)O)CCCCC1. The van der Waals surface area contributed by atoms with Crippen LogP contribution in [0.25, 0.3) is 0 Å². The van der Waals surface area contributed by atoms with Crippen molar-refractivity contribution < 1.29 is 14.7 Å². The second-order valence-electron chi connectivity index (χ2n) is 6.78. The van der Waals surface area contributed by atoms with Crippen LogP contribution in [0, 0.1) is 5.41 Å². The maximum Gasteiger partial charge on any atom is 0.310 e. The Kier molecular flexibility index (Phi) is 3.88. The van der Waals surface area contributed by atoms with E-state index in [1.807, 2.05) is 4.90 Å². The van der Waals surface area contributed by atoms with Gasteiger partial charge in [-0.15, -0.1) is 0 Å². The van der Waals surface area contributed by atoms with Gasteiger partial charge in [0.25, 0.3) is 0 Å². The molecule has 0 bridgehead atoms. The molecule has 0 aromatic rings. The fourth-order valence-electron chi connectivity index (χ4n) is 3.65. The van der Waals surface area contributed by atoms with Crippen molar-refractivity contribution in [3.63, 3.8) is 0 Å². The summed E-state index contributed by atoms with van der Waals surface area (Å²) in [7, 11) is 0. The first kappa shape index (κ1) is 14.4. The molecule has 4 heteroatoms. The summed E-state index contributed by atoms with van der Waals surface area (Å²) in [5.74, 6) is -0.746. The lowest BCUT2D eigenvalue weighted by molar-refractivity contribution is -0.156. The number of carboxylic acids is 1. The summed E-state index contributed by atoms with van der Waals surface area (Å²) in [5.41, 5.74) is -0.903. The zero-order valence-corrected chi connectivity index (χ0v) is 12.1. The fraction of sp³-hybridized carbons (Fsp3) is 0.867. The third-order valence-electron chi connectivity index (χ3n) is 4.96. The molecule has 1 saturated carbocycles. The molecule has 0 atom stereocenters. The molecule has 4 nitrogen and oxygen atoms in total. The summed E-state index contributed by atoms with van der Waals surface area (Å²) in [6.07, 6.45) is 6.50. The predicted molar refractivity (Wildman–Crippen MR) is 72.8 cm³/mol. The van der Waals surface area contributed by atoms with E-state index in [2.05, 4.69) is 13.8 Å². The Morgan fingerprint density at radius 3 is 2.16 bits per heavy atom. The zero-order chi connectivity index (χ0) is 14.1. The van der Waals surface area contributed by atoms with Crippen LogP contribution in [-0.2, 0) is 9.59 Å². The van der Waals surface area contributed by atoms with E-state index in [0.717, 1.165) is 38.6 Å². The molecule has 0 unspecified atom stereocenters. The average Bonchev–Trinajstić information content (AvgIpc) is 2.70. The molecule has 108 valence electrons. The van der Waals surface area contributed by atoms with Crippen molar-refractivity contribution in [3.8, 4) is 0 Å². The van der Waals surface area contributed by atoms with Crippen LogP contribution in [0.5, 0.6) is 0 Å². The van der Waals surface area contributed by atoms with Crippen molar-refractivity contribution in [3.05, 3.63) is 0 Å². The second-order valence-corrected chi connectivity index (χ2v) is 6.78. The summed E-state index contributed by atoms with van der Waals surface area (Å²) in [5, 5.41) is 9.54. The maximum absolute atomic E-state index is 12.5. The van der Waals surface area contributed by atoms with Crippen molar-refractivity contribution in [2.75, 3.05) is 6.54 Å². The van der Waals surface area contributed by atoms with Gasteiger partial charge in [0.2, 0.25) is 5.91 Å². The number of carboxylic acid groups (broad SMARTS) is 1. The fourth-order valence-corrected chi connectivity index (χ4v) is 3.65. The molecular formula is C15H25NO3. The van der Waals surface area contributed by atoms with E-state index < -0.39 is 11.4 Å². The van der Waals surface area contributed by atoms with E-state index in [9.17, 15) is 14.7 Å². The lowest BCUT2D eigenvalue weighted by Crippen LogP contribution is -2.46. The van der Waals surface area contributed by atoms with E-state index in [1.165, 1.54) is 0 Å². The smallest absolute Gasteiger partial charge is 0.310 e. The van der Waals surface area contributed by atoms with Gasteiger partial charge in [0.1, 0.15) is 0 Å². The third kappa shape index (κ3) is 2.77. The average molecular weight is 267 g/mol. The monoisotopic (exact) mass is 267 g/mol. The molecule has 0 aromatic carbocycles. The highest BCUT2D eigenvalue weighted by molar-refractivity contribution is 5.85. The highest BCUT2D eigenvalue weighted by Crippen LogP contribution is 2.41. The summed E-state index contributed by atoms with van der Waals surface area (Å²) in [4.78, 5) is 26.0. The van der Waals surface area contributed by atoms with Gasteiger partial charge < -0.3 is 10.0 Å². The van der Waals surface area contributed by atoms with E-state index in [1.54, 1.807) is 0 Å². The van der Waals surface area contributed by atoms with Gasteiger partial charge in [0, 0.05) is 18.5 Å². The van der Waals surface area contributed by atoms with Gasteiger partial charge in [-0.05, 0) is 39.5 Å². The molecule has 19 heavy (non-hydrogen) atoms. The normalized spacial score (nSPS) is 25.3. The van der Waals surface area contributed by atoms with E-state index >= 15 is 0 Å². The topological polar surface area (TPSA) is 57.6 Å². The number of amides is 1. The predicted octanol–water partition coefficient (Wildman–Crippen LogP) is 2.81. The number of nitrogens with zero attached hydrogens (tertiary/aromatic N) is 1. The largest absolute Gasteiger partial charge is 0.481 e. The molecule has 2 aliphatic rings. The zero-order valence-electron chi connectivity index (χ0n) is 12.1. The maximum atomic E-state index is 12.5. The van der Waals surface area contributed by atoms with Crippen molar-refractivity contribution in [2.45, 2.75) is 70.8 Å². The van der Waals surface area contributed by atoms with Gasteiger partial charge in [-0.1, -0.05) is 19.3 Å². The van der Waals surface area contributed by atoms with Gasteiger partial charge in [-0.25, -0.2) is 0 Å². The molecule has 0 spiro atoms. The molecule has 0 aromatic heterocycles. The Balaban J connectivity index is 2.09. The van der Waals surface area contributed by atoms with Crippen LogP contribution in [-0.4, -0.2) is 34.0 Å². The minimum absolute atomic E-state index is 0.0341. The number of rotatable bonds is 3. The van der Waals surface area contributed by atoms with Gasteiger partial charge in [-0.3, -0.25) is 9.59 Å².